The Morgan fingerprint density at radius 1 is 1.16 bits per heavy atom. The first-order valence-corrected chi connectivity index (χ1v) is 13.8. The number of hydrogen-bond donors (Lipinski definition) is 1. The number of aromatic nitrogens is 2. The average Bonchev–Trinajstić information content (AvgIpc) is 3.39. The number of benzene rings is 2. The number of piperidine rings is 1. The van der Waals surface area contributed by atoms with E-state index in [1.54, 1.807) is 24.3 Å². The summed E-state index contributed by atoms with van der Waals surface area (Å²) in [5.41, 5.74) is 0.950. The quantitative estimate of drug-likeness (QED) is 0.366. The van der Waals surface area contributed by atoms with Gasteiger partial charge in [-0.25, -0.2) is 17.5 Å². The average molecular weight is 533 g/mol. The van der Waals surface area contributed by atoms with Crippen LogP contribution in [0.3, 0.4) is 0 Å². The van der Waals surface area contributed by atoms with Crippen molar-refractivity contribution in [2.75, 3.05) is 44.9 Å². The van der Waals surface area contributed by atoms with Crippen molar-refractivity contribution in [1.29, 1.82) is 0 Å². The number of nitrogens with one attached hydrogen (secondary N) is 1. The van der Waals surface area contributed by atoms with Gasteiger partial charge in [-0.3, -0.25) is 0 Å². The molecule has 11 heteroatoms. The zero-order valence-corrected chi connectivity index (χ0v) is 22.1. The third-order valence-corrected chi connectivity index (χ3v) is 7.79. The van der Waals surface area contributed by atoms with E-state index in [1.807, 2.05) is 13.8 Å². The summed E-state index contributed by atoms with van der Waals surface area (Å²) < 4.78 is 58.0. The molecule has 0 unspecified atom stereocenters. The molecule has 0 radical (unpaired) electrons. The van der Waals surface area contributed by atoms with Crippen LogP contribution in [0, 0.1) is 11.7 Å². The maximum atomic E-state index is 14.8. The third-order valence-electron chi connectivity index (χ3n) is 6.33. The zero-order valence-electron chi connectivity index (χ0n) is 21.3. The third kappa shape index (κ3) is 6.85. The Bertz CT molecular complexity index is 1270. The number of halogens is 1. The predicted octanol–water partition coefficient (Wildman–Crippen LogP) is 4.22. The van der Waals surface area contributed by atoms with Crippen LogP contribution in [0.4, 0.5) is 10.4 Å². The minimum atomic E-state index is -3.81. The standard InChI is InChI=1S/C26H33FN4O5S/c1-18(2)25-29-26(36-30-25)31-13-10-19(11-14-31)17-35-21-6-4-20(5-7-21)23-9-8-22(16-24(23)27)37(32,33)28-12-15-34-3/h4-9,16,18-19,28H,10-15,17H2,1-3H3. The Kier molecular flexibility index (Phi) is 8.78. The number of rotatable bonds is 11. The Morgan fingerprint density at radius 2 is 1.89 bits per heavy atom. The van der Waals surface area contributed by atoms with Crippen LogP contribution in [0.25, 0.3) is 11.1 Å². The normalized spacial score (nSPS) is 14.9. The Morgan fingerprint density at radius 3 is 2.51 bits per heavy atom. The molecular weight excluding hydrogens is 499 g/mol. The molecule has 200 valence electrons. The summed E-state index contributed by atoms with van der Waals surface area (Å²) in [4.78, 5) is 6.46. The molecule has 37 heavy (non-hydrogen) atoms. The number of ether oxygens (including phenoxy) is 2. The minimum Gasteiger partial charge on any atom is -0.493 e. The van der Waals surface area contributed by atoms with E-state index in [1.165, 1.54) is 19.2 Å². The fourth-order valence-corrected chi connectivity index (χ4v) is 5.11. The summed E-state index contributed by atoms with van der Waals surface area (Å²) in [6, 6.07) is 11.6. The van der Waals surface area contributed by atoms with E-state index in [9.17, 15) is 12.8 Å². The fourth-order valence-electron chi connectivity index (χ4n) is 4.08. The first kappa shape index (κ1) is 27.0. The smallest absolute Gasteiger partial charge is 0.324 e. The molecule has 4 rings (SSSR count). The molecule has 0 atom stereocenters. The maximum absolute atomic E-state index is 14.8. The van der Waals surface area contributed by atoms with Crippen LogP contribution in [0.1, 0.15) is 38.4 Å². The highest BCUT2D eigenvalue weighted by Crippen LogP contribution is 2.28. The van der Waals surface area contributed by atoms with Gasteiger partial charge >= 0.3 is 6.01 Å². The molecule has 2 heterocycles. The van der Waals surface area contributed by atoms with Gasteiger partial charge in [-0.15, -0.1) is 0 Å². The van der Waals surface area contributed by atoms with Crippen LogP contribution >= 0.6 is 0 Å². The summed E-state index contributed by atoms with van der Waals surface area (Å²) in [5.74, 6) is 1.45. The van der Waals surface area contributed by atoms with Crippen molar-refractivity contribution < 1.29 is 26.8 Å². The molecule has 0 saturated carbocycles. The monoisotopic (exact) mass is 532 g/mol. The molecule has 1 N–H and O–H groups in total. The second-order valence-corrected chi connectivity index (χ2v) is 11.2. The molecule has 0 amide bonds. The number of hydrogen-bond acceptors (Lipinski definition) is 8. The van der Waals surface area contributed by atoms with Gasteiger partial charge in [0.15, 0.2) is 5.82 Å². The fraction of sp³-hybridized carbons (Fsp3) is 0.462. The van der Waals surface area contributed by atoms with E-state index in [-0.39, 0.29) is 24.0 Å². The molecule has 2 aromatic carbocycles. The highest BCUT2D eigenvalue weighted by Gasteiger charge is 2.24. The number of methoxy groups -OCH3 is 1. The Hall–Kier alpha value is -3.02. The molecule has 9 nitrogen and oxygen atoms in total. The second-order valence-electron chi connectivity index (χ2n) is 9.39. The lowest BCUT2D eigenvalue weighted by Gasteiger charge is -2.30. The molecule has 0 spiro atoms. The molecule has 3 aromatic rings. The molecule has 1 aliphatic heterocycles. The van der Waals surface area contributed by atoms with Crippen LogP contribution in [-0.4, -0.2) is 58.5 Å². The molecular formula is C26H33FN4O5S. The molecule has 1 fully saturated rings. The van der Waals surface area contributed by atoms with Crippen LogP contribution < -0.4 is 14.4 Å². The van der Waals surface area contributed by atoms with Crippen molar-refractivity contribution in [2.45, 2.75) is 37.5 Å². The Labute approximate surface area is 217 Å². The summed E-state index contributed by atoms with van der Waals surface area (Å²) in [5, 5.41) is 4.04. The van der Waals surface area contributed by atoms with Crippen molar-refractivity contribution in [3.8, 4) is 16.9 Å². The van der Waals surface area contributed by atoms with Crippen LogP contribution in [0.5, 0.6) is 5.75 Å². The number of sulfonamides is 1. The summed E-state index contributed by atoms with van der Waals surface area (Å²) >= 11 is 0. The van der Waals surface area contributed by atoms with Gasteiger partial charge in [0.1, 0.15) is 11.6 Å². The first-order valence-electron chi connectivity index (χ1n) is 12.4. The molecule has 1 saturated heterocycles. The van der Waals surface area contributed by atoms with E-state index in [4.69, 9.17) is 14.0 Å². The van der Waals surface area contributed by atoms with E-state index in [2.05, 4.69) is 19.8 Å². The lowest BCUT2D eigenvalue weighted by atomic mass is 9.98. The molecule has 0 bridgehead atoms. The van der Waals surface area contributed by atoms with Gasteiger partial charge in [0, 0.05) is 38.2 Å². The summed E-state index contributed by atoms with van der Waals surface area (Å²) in [7, 11) is -2.33. The molecule has 1 aromatic heterocycles. The van der Waals surface area contributed by atoms with E-state index in [0.29, 0.717) is 35.4 Å². The predicted molar refractivity (Wildman–Crippen MR) is 138 cm³/mol. The van der Waals surface area contributed by atoms with Crippen molar-refractivity contribution >= 4 is 16.0 Å². The Balaban J connectivity index is 1.29. The van der Waals surface area contributed by atoms with Crippen LogP contribution in [-0.2, 0) is 14.8 Å². The van der Waals surface area contributed by atoms with Gasteiger partial charge in [0.2, 0.25) is 10.0 Å². The largest absolute Gasteiger partial charge is 0.493 e. The first-order chi connectivity index (χ1) is 17.8. The minimum absolute atomic E-state index is 0.112. The lowest BCUT2D eigenvalue weighted by Crippen LogP contribution is -2.35. The van der Waals surface area contributed by atoms with Crippen LogP contribution in [0.2, 0.25) is 0 Å². The number of nitrogens with zero attached hydrogens (tertiary/aromatic N) is 3. The van der Waals surface area contributed by atoms with Gasteiger partial charge in [-0.2, -0.15) is 4.98 Å². The van der Waals surface area contributed by atoms with Crippen molar-refractivity contribution in [3.63, 3.8) is 0 Å². The van der Waals surface area contributed by atoms with E-state index < -0.39 is 15.8 Å². The SMILES string of the molecule is COCCNS(=O)(=O)c1ccc(-c2ccc(OCC3CCN(c4nc(C(C)C)no4)CC3)cc2)c(F)c1. The van der Waals surface area contributed by atoms with Crippen molar-refractivity contribution in [2.24, 2.45) is 5.92 Å². The number of anilines is 1. The molecule has 0 aliphatic carbocycles. The van der Waals surface area contributed by atoms with Gasteiger partial charge < -0.3 is 18.9 Å². The van der Waals surface area contributed by atoms with Gasteiger partial charge in [0.05, 0.1) is 18.1 Å². The van der Waals surface area contributed by atoms with E-state index >= 15 is 0 Å². The lowest BCUT2D eigenvalue weighted by molar-refractivity contribution is 0.204. The van der Waals surface area contributed by atoms with Gasteiger partial charge in [-0.1, -0.05) is 37.2 Å². The maximum Gasteiger partial charge on any atom is 0.324 e. The summed E-state index contributed by atoms with van der Waals surface area (Å²) in [6.45, 7) is 6.67. The van der Waals surface area contributed by atoms with Crippen molar-refractivity contribution in [1.82, 2.24) is 14.9 Å². The topological polar surface area (TPSA) is 107 Å². The van der Waals surface area contributed by atoms with Crippen molar-refractivity contribution in [3.05, 3.63) is 54.1 Å². The van der Waals surface area contributed by atoms with Crippen LogP contribution in [0.15, 0.2) is 51.9 Å². The van der Waals surface area contributed by atoms with Gasteiger partial charge in [0.25, 0.3) is 0 Å². The highest BCUT2D eigenvalue weighted by atomic mass is 32.2. The zero-order chi connectivity index (χ0) is 26.4. The van der Waals surface area contributed by atoms with Gasteiger partial charge in [-0.05, 0) is 48.6 Å². The second kappa shape index (κ2) is 12.0. The molecule has 1 aliphatic rings. The summed E-state index contributed by atoms with van der Waals surface area (Å²) in [6.07, 6.45) is 1.91. The van der Waals surface area contributed by atoms with E-state index in [0.717, 1.165) is 37.8 Å². The highest BCUT2D eigenvalue weighted by molar-refractivity contribution is 7.89.